The minimum atomic E-state index is -0.881. The van der Waals surface area contributed by atoms with Gasteiger partial charge in [0.15, 0.2) is 5.69 Å². The van der Waals surface area contributed by atoms with Gasteiger partial charge in [-0.2, -0.15) is 0 Å². The van der Waals surface area contributed by atoms with E-state index in [9.17, 15) is 14.0 Å². The number of nitrogens with one attached hydrogen (secondary N) is 2. The molecule has 0 saturated heterocycles. The molecule has 1 aliphatic rings. The van der Waals surface area contributed by atoms with Gasteiger partial charge in [0.05, 0.1) is 18.4 Å². The highest BCUT2D eigenvalue weighted by molar-refractivity contribution is 6.01. The molecule has 3 aromatic rings. The number of carbonyl (C=O) groups is 2. The largest absolute Gasteiger partial charge is 0.489 e. The van der Waals surface area contributed by atoms with Gasteiger partial charge in [0, 0.05) is 0 Å². The fraction of sp³-hybridized carbons (Fsp3) is 0.158. The highest BCUT2D eigenvalue weighted by Gasteiger charge is 2.27. The van der Waals surface area contributed by atoms with Crippen LogP contribution in [0, 0.1) is 5.82 Å². The van der Waals surface area contributed by atoms with Gasteiger partial charge in [0.1, 0.15) is 24.2 Å². The Kier molecular flexibility index (Phi) is 4.71. The third kappa shape index (κ3) is 3.83. The molecule has 2 N–H and O–H groups in total. The number of hydrogen-bond donors (Lipinski definition) is 2. The van der Waals surface area contributed by atoms with E-state index in [2.05, 4.69) is 20.9 Å². The van der Waals surface area contributed by atoms with Gasteiger partial charge < -0.3 is 15.4 Å². The molecule has 0 spiro atoms. The molecule has 1 atom stereocenters. The lowest BCUT2D eigenvalue weighted by Gasteiger charge is -2.13. The van der Waals surface area contributed by atoms with Crippen LogP contribution in [-0.2, 0) is 11.3 Å². The van der Waals surface area contributed by atoms with Crippen LogP contribution in [0.4, 0.5) is 10.1 Å². The molecule has 1 unspecified atom stereocenters. The summed E-state index contributed by atoms with van der Waals surface area (Å²) in [6, 6.07) is 12.2. The molecule has 1 aromatic heterocycles. The number of nitrogens with zero attached hydrogens (tertiary/aromatic N) is 3. The highest BCUT2D eigenvalue weighted by atomic mass is 19.1. The Morgan fingerprint density at radius 3 is 3.00 bits per heavy atom. The van der Waals surface area contributed by atoms with Crippen LogP contribution >= 0.6 is 0 Å². The molecule has 9 heteroatoms. The van der Waals surface area contributed by atoms with Crippen molar-refractivity contribution in [2.45, 2.75) is 12.6 Å². The van der Waals surface area contributed by atoms with Gasteiger partial charge in [0.25, 0.3) is 11.8 Å². The van der Waals surface area contributed by atoms with Crippen LogP contribution in [0.2, 0.25) is 0 Å². The first-order valence-corrected chi connectivity index (χ1v) is 8.56. The molecule has 2 heterocycles. The maximum absolute atomic E-state index is 13.3. The molecule has 0 saturated carbocycles. The number of benzene rings is 2. The number of ether oxygens (including phenoxy) is 1. The van der Waals surface area contributed by atoms with Gasteiger partial charge in [0.2, 0.25) is 0 Å². The standard InChI is InChI=1S/C19H16FN5O3/c20-13-5-3-4-12(8-13)9-25-10-15(23-24-25)18(26)22-16-11-28-17-7-2-1-6-14(17)21-19(16)27/h1-8,10,16H,9,11H2,(H,21,27)(H,22,26). The van der Waals surface area contributed by atoms with Crippen molar-refractivity contribution in [3.63, 3.8) is 0 Å². The molecule has 2 aromatic carbocycles. The van der Waals surface area contributed by atoms with Crippen molar-refractivity contribution in [2.75, 3.05) is 11.9 Å². The Morgan fingerprint density at radius 2 is 2.14 bits per heavy atom. The fourth-order valence-corrected chi connectivity index (χ4v) is 2.81. The van der Waals surface area contributed by atoms with Crippen LogP contribution in [-0.4, -0.2) is 39.5 Å². The summed E-state index contributed by atoms with van der Waals surface area (Å²) in [5, 5.41) is 13.0. The summed E-state index contributed by atoms with van der Waals surface area (Å²) in [7, 11) is 0. The van der Waals surface area contributed by atoms with Crippen molar-refractivity contribution < 1.29 is 18.7 Å². The Labute approximate surface area is 159 Å². The summed E-state index contributed by atoms with van der Waals surface area (Å²) in [5.41, 5.74) is 1.28. The maximum atomic E-state index is 13.3. The predicted molar refractivity (Wildman–Crippen MR) is 97.3 cm³/mol. The lowest BCUT2D eigenvalue weighted by atomic mass is 10.2. The van der Waals surface area contributed by atoms with Gasteiger partial charge in [-0.1, -0.05) is 29.5 Å². The number of rotatable bonds is 4. The predicted octanol–water partition coefficient (Wildman–Crippen LogP) is 1.59. The van der Waals surface area contributed by atoms with Gasteiger partial charge in [-0.05, 0) is 29.8 Å². The zero-order valence-electron chi connectivity index (χ0n) is 14.6. The van der Waals surface area contributed by atoms with Crippen LogP contribution in [0.1, 0.15) is 16.1 Å². The number of amides is 2. The van der Waals surface area contributed by atoms with Crippen molar-refractivity contribution in [1.82, 2.24) is 20.3 Å². The number of hydrogen-bond acceptors (Lipinski definition) is 5. The van der Waals surface area contributed by atoms with Crippen LogP contribution < -0.4 is 15.4 Å². The number of fused-ring (bicyclic) bond motifs is 1. The molecule has 0 fully saturated rings. The molecule has 4 rings (SSSR count). The second-order valence-electron chi connectivity index (χ2n) is 6.25. The molecular formula is C19H16FN5O3. The average molecular weight is 381 g/mol. The molecule has 2 amide bonds. The number of para-hydroxylation sites is 2. The summed E-state index contributed by atoms with van der Waals surface area (Å²) in [6.45, 7) is 0.256. The second-order valence-corrected chi connectivity index (χ2v) is 6.25. The van der Waals surface area contributed by atoms with E-state index in [0.29, 0.717) is 17.0 Å². The van der Waals surface area contributed by atoms with E-state index < -0.39 is 11.9 Å². The molecule has 28 heavy (non-hydrogen) atoms. The summed E-state index contributed by atoms with van der Waals surface area (Å²) in [4.78, 5) is 24.8. The third-order valence-corrected chi connectivity index (χ3v) is 4.18. The van der Waals surface area contributed by atoms with Crippen LogP contribution in [0.3, 0.4) is 0 Å². The Morgan fingerprint density at radius 1 is 1.29 bits per heavy atom. The Bertz CT molecular complexity index is 1040. The summed E-state index contributed by atoms with van der Waals surface area (Å²) in [6.07, 6.45) is 1.43. The topological polar surface area (TPSA) is 98.1 Å². The number of halogens is 1. The summed E-state index contributed by atoms with van der Waals surface area (Å²) >= 11 is 0. The molecule has 1 aliphatic heterocycles. The summed E-state index contributed by atoms with van der Waals surface area (Å²) < 4.78 is 20.3. The zero-order valence-corrected chi connectivity index (χ0v) is 14.6. The first-order chi connectivity index (χ1) is 13.6. The van der Waals surface area contributed by atoms with E-state index in [1.54, 1.807) is 36.4 Å². The number of aromatic nitrogens is 3. The normalized spacial score (nSPS) is 15.8. The van der Waals surface area contributed by atoms with E-state index in [-0.39, 0.29) is 30.6 Å². The van der Waals surface area contributed by atoms with E-state index in [0.717, 1.165) is 0 Å². The monoisotopic (exact) mass is 381 g/mol. The number of anilines is 1. The van der Waals surface area contributed by atoms with Gasteiger partial charge in [-0.15, -0.1) is 5.10 Å². The third-order valence-electron chi connectivity index (χ3n) is 4.18. The van der Waals surface area contributed by atoms with Crippen molar-refractivity contribution in [2.24, 2.45) is 0 Å². The molecule has 0 radical (unpaired) electrons. The van der Waals surface area contributed by atoms with Gasteiger partial charge in [-0.3, -0.25) is 9.59 Å². The first kappa shape index (κ1) is 17.7. The second kappa shape index (κ2) is 7.47. The lowest BCUT2D eigenvalue weighted by Crippen LogP contribution is -2.46. The fourth-order valence-electron chi connectivity index (χ4n) is 2.81. The van der Waals surface area contributed by atoms with Crippen molar-refractivity contribution in [3.8, 4) is 5.75 Å². The van der Waals surface area contributed by atoms with Crippen molar-refractivity contribution >= 4 is 17.5 Å². The van der Waals surface area contributed by atoms with E-state index in [1.807, 2.05) is 0 Å². The van der Waals surface area contributed by atoms with Crippen LogP contribution in [0.15, 0.2) is 54.7 Å². The Hall–Kier alpha value is -3.75. The van der Waals surface area contributed by atoms with E-state index in [1.165, 1.54) is 23.0 Å². The minimum Gasteiger partial charge on any atom is -0.489 e. The molecule has 8 nitrogen and oxygen atoms in total. The Balaban J connectivity index is 1.41. The molecule has 0 bridgehead atoms. The molecular weight excluding hydrogens is 365 g/mol. The molecule has 142 valence electrons. The van der Waals surface area contributed by atoms with E-state index >= 15 is 0 Å². The van der Waals surface area contributed by atoms with Crippen molar-refractivity contribution in [1.29, 1.82) is 0 Å². The van der Waals surface area contributed by atoms with Crippen LogP contribution in [0.5, 0.6) is 5.75 Å². The lowest BCUT2D eigenvalue weighted by molar-refractivity contribution is -0.118. The number of carbonyl (C=O) groups excluding carboxylic acids is 2. The van der Waals surface area contributed by atoms with Gasteiger partial charge >= 0.3 is 0 Å². The SMILES string of the molecule is O=C(NC1COc2ccccc2NC1=O)c1cn(Cc2cccc(F)c2)nn1. The highest BCUT2D eigenvalue weighted by Crippen LogP contribution is 2.26. The quantitative estimate of drug-likeness (QED) is 0.715. The van der Waals surface area contributed by atoms with E-state index in [4.69, 9.17) is 4.74 Å². The van der Waals surface area contributed by atoms with Gasteiger partial charge in [-0.25, -0.2) is 9.07 Å². The average Bonchev–Trinajstić information content (AvgIpc) is 3.08. The minimum absolute atomic E-state index is 0.00792. The maximum Gasteiger partial charge on any atom is 0.274 e. The van der Waals surface area contributed by atoms with Crippen molar-refractivity contribution in [3.05, 3.63) is 71.8 Å². The first-order valence-electron chi connectivity index (χ1n) is 8.56. The zero-order chi connectivity index (χ0) is 19.5. The molecule has 0 aliphatic carbocycles. The van der Waals surface area contributed by atoms with Crippen LogP contribution in [0.25, 0.3) is 0 Å². The summed E-state index contributed by atoms with van der Waals surface area (Å²) in [5.74, 6) is -0.754. The smallest absolute Gasteiger partial charge is 0.274 e.